The van der Waals surface area contributed by atoms with Crippen LogP contribution in [0.5, 0.6) is 0 Å². The number of imide groups is 2. The third-order valence-electron chi connectivity index (χ3n) is 7.82. The van der Waals surface area contributed by atoms with E-state index in [-0.39, 0.29) is 41.7 Å². The van der Waals surface area contributed by atoms with E-state index in [1.165, 1.54) is 24.3 Å². The second kappa shape index (κ2) is 10.6. The zero-order valence-corrected chi connectivity index (χ0v) is 22.0. The highest BCUT2D eigenvalue weighted by molar-refractivity contribution is 6.25. The molecule has 4 heterocycles. The van der Waals surface area contributed by atoms with Gasteiger partial charge in [-0.2, -0.15) is 5.10 Å². The molecular weight excluding hydrogens is 531 g/mol. The number of benzene rings is 2. The molecule has 6 rings (SSSR count). The second-order valence-corrected chi connectivity index (χ2v) is 10.4. The van der Waals surface area contributed by atoms with Crippen molar-refractivity contribution in [3.05, 3.63) is 82.9 Å². The topological polar surface area (TPSA) is 134 Å². The lowest BCUT2D eigenvalue weighted by Crippen LogP contribution is -2.54. The second-order valence-electron chi connectivity index (χ2n) is 10.4. The molecule has 11 nitrogen and oxygen atoms in total. The third kappa shape index (κ3) is 4.96. The van der Waals surface area contributed by atoms with Crippen molar-refractivity contribution >= 4 is 35.2 Å². The molecule has 2 N–H and O–H groups in total. The first kappa shape index (κ1) is 26.4. The highest BCUT2D eigenvalue weighted by Gasteiger charge is 2.45. The SMILES string of the molecule is O=C1CCC(N2C(=O)c3cccc(NCc4cnn(C5CCN(C(=O)c6ccc(F)cc6)CC5)c4)c3C2=O)C(=O)N1. The number of carbonyl (C=O) groups excluding carboxylic acids is 5. The van der Waals surface area contributed by atoms with Crippen LogP contribution in [0, 0.1) is 5.82 Å². The van der Waals surface area contributed by atoms with Crippen molar-refractivity contribution < 1.29 is 28.4 Å². The largest absolute Gasteiger partial charge is 0.380 e. The van der Waals surface area contributed by atoms with Gasteiger partial charge in [0.2, 0.25) is 11.8 Å². The van der Waals surface area contributed by atoms with Crippen molar-refractivity contribution in [2.45, 2.75) is 44.3 Å². The van der Waals surface area contributed by atoms with Crippen LogP contribution < -0.4 is 10.6 Å². The number of hydrogen-bond acceptors (Lipinski definition) is 7. The van der Waals surface area contributed by atoms with Gasteiger partial charge in [-0.1, -0.05) is 6.07 Å². The van der Waals surface area contributed by atoms with E-state index in [9.17, 15) is 28.4 Å². The van der Waals surface area contributed by atoms with Gasteiger partial charge in [0.25, 0.3) is 17.7 Å². The van der Waals surface area contributed by atoms with Crippen LogP contribution in [0.4, 0.5) is 10.1 Å². The highest BCUT2D eigenvalue weighted by Crippen LogP contribution is 2.33. The molecule has 210 valence electrons. The van der Waals surface area contributed by atoms with Crippen LogP contribution in [0.3, 0.4) is 0 Å². The van der Waals surface area contributed by atoms with Crippen molar-refractivity contribution in [2.24, 2.45) is 0 Å². The van der Waals surface area contributed by atoms with E-state index in [1.54, 1.807) is 29.3 Å². The molecule has 0 bridgehead atoms. The van der Waals surface area contributed by atoms with Crippen LogP contribution >= 0.6 is 0 Å². The van der Waals surface area contributed by atoms with Gasteiger partial charge in [0.15, 0.2) is 0 Å². The van der Waals surface area contributed by atoms with Crippen LogP contribution in [0.15, 0.2) is 54.9 Å². The summed E-state index contributed by atoms with van der Waals surface area (Å²) in [7, 11) is 0. The van der Waals surface area contributed by atoms with Crippen LogP contribution in [0.25, 0.3) is 0 Å². The molecule has 12 heteroatoms. The fourth-order valence-corrected chi connectivity index (χ4v) is 5.64. The Morgan fingerprint density at radius 3 is 2.49 bits per heavy atom. The van der Waals surface area contributed by atoms with E-state index < -0.39 is 29.7 Å². The maximum atomic E-state index is 13.3. The number of anilines is 1. The molecule has 2 fully saturated rings. The van der Waals surface area contributed by atoms with Crippen molar-refractivity contribution in [2.75, 3.05) is 18.4 Å². The molecule has 5 amide bonds. The van der Waals surface area contributed by atoms with E-state index in [0.717, 1.165) is 23.3 Å². The number of likely N-dealkylation sites (tertiary alicyclic amines) is 1. The number of rotatable bonds is 6. The Morgan fingerprint density at radius 2 is 1.76 bits per heavy atom. The molecule has 0 spiro atoms. The Labute approximate surface area is 234 Å². The fourth-order valence-electron chi connectivity index (χ4n) is 5.64. The quantitative estimate of drug-likeness (QED) is 0.444. The average Bonchev–Trinajstić information content (AvgIpc) is 3.55. The van der Waals surface area contributed by atoms with Crippen molar-refractivity contribution in [3.63, 3.8) is 0 Å². The molecule has 3 aliphatic heterocycles. The maximum absolute atomic E-state index is 13.3. The van der Waals surface area contributed by atoms with Crippen LogP contribution in [-0.2, 0) is 16.1 Å². The zero-order chi connectivity index (χ0) is 28.7. The first-order chi connectivity index (χ1) is 19.8. The summed E-state index contributed by atoms with van der Waals surface area (Å²) in [5, 5.41) is 9.94. The van der Waals surface area contributed by atoms with E-state index in [2.05, 4.69) is 15.7 Å². The summed E-state index contributed by atoms with van der Waals surface area (Å²) in [5.41, 5.74) is 2.21. The minimum absolute atomic E-state index is 0.0580. The summed E-state index contributed by atoms with van der Waals surface area (Å²) >= 11 is 0. The molecule has 1 unspecified atom stereocenters. The molecule has 2 aromatic carbocycles. The lowest BCUT2D eigenvalue weighted by molar-refractivity contribution is -0.136. The highest BCUT2D eigenvalue weighted by atomic mass is 19.1. The summed E-state index contributed by atoms with van der Waals surface area (Å²) in [6.45, 7) is 1.47. The number of hydrogen-bond donors (Lipinski definition) is 2. The fraction of sp³-hybridized carbons (Fsp3) is 0.310. The molecule has 2 saturated heterocycles. The molecule has 3 aromatic rings. The normalized spacial score (nSPS) is 19.4. The maximum Gasteiger partial charge on any atom is 0.264 e. The smallest absolute Gasteiger partial charge is 0.264 e. The number of nitrogens with zero attached hydrogens (tertiary/aromatic N) is 4. The minimum atomic E-state index is -1.02. The summed E-state index contributed by atoms with van der Waals surface area (Å²) < 4.78 is 15.1. The Hall–Kier alpha value is -4.87. The van der Waals surface area contributed by atoms with Crippen LogP contribution in [-0.4, -0.2) is 68.2 Å². The standard InChI is InChI=1S/C29H27FN6O5/c30-19-6-4-18(5-7-19)27(39)34-12-10-20(11-13-34)35-16-17(15-32-35)14-31-22-3-1-2-21-25(22)29(41)36(28(21)40)23-8-9-24(37)33-26(23)38/h1-7,15-16,20,23,31H,8-14H2,(H,33,37,38). The van der Waals surface area contributed by atoms with Gasteiger partial charge in [-0.25, -0.2) is 4.39 Å². The van der Waals surface area contributed by atoms with Gasteiger partial charge in [0.05, 0.1) is 23.4 Å². The van der Waals surface area contributed by atoms with Crippen molar-refractivity contribution in [1.82, 2.24) is 24.9 Å². The number of carbonyl (C=O) groups is 5. The molecule has 0 aliphatic carbocycles. The predicted octanol–water partition coefficient (Wildman–Crippen LogP) is 2.51. The van der Waals surface area contributed by atoms with Gasteiger partial charge in [0.1, 0.15) is 11.9 Å². The lowest BCUT2D eigenvalue weighted by Gasteiger charge is -2.32. The summed E-state index contributed by atoms with van der Waals surface area (Å²) in [4.78, 5) is 65.7. The first-order valence-electron chi connectivity index (χ1n) is 13.5. The van der Waals surface area contributed by atoms with Crippen LogP contribution in [0.1, 0.15) is 68.4 Å². The first-order valence-corrected chi connectivity index (χ1v) is 13.5. The average molecular weight is 559 g/mol. The van der Waals surface area contributed by atoms with Gasteiger partial charge >= 0.3 is 0 Å². The Morgan fingerprint density at radius 1 is 1.00 bits per heavy atom. The zero-order valence-electron chi connectivity index (χ0n) is 22.0. The Bertz CT molecular complexity index is 1560. The molecule has 41 heavy (non-hydrogen) atoms. The molecule has 1 atom stereocenters. The number of fused-ring (bicyclic) bond motifs is 1. The monoisotopic (exact) mass is 558 g/mol. The molecular formula is C29H27FN6O5. The summed E-state index contributed by atoms with van der Waals surface area (Å²) in [6, 6.07) is 9.57. The van der Waals surface area contributed by atoms with Gasteiger partial charge in [-0.15, -0.1) is 0 Å². The number of amides is 5. The number of halogens is 1. The number of nitrogens with one attached hydrogen (secondary N) is 2. The van der Waals surface area contributed by atoms with Crippen molar-refractivity contribution in [3.8, 4) is 0 Å². The summed E-state index contributed by atoms with van der Waals surface area (Å²) in [5.74, 6) is -2.69. The minimum Gasteiger partial charge on any atom is -0.380 e. The molecule has 3 aliphatic rings. The van der Waals surface area contributed by atoms with E-state index in [0.29, 0.717) is 30.9 Å². The molecule has 0 saturated carbocycles. The van der Waals surface area contributed by atoms with E-state index in [1.807, 2.05) is 10.9 Å². The van der Waals surface area contributed by atoms with Crippen molar-refractivity contribution in [1.29, 1.82) is 0 Å². The molecule has 1 aromatic heterocycles. The van der Waals surface area contributed by atoms with E-state index in [4.69, 9.17) is 0 Å². The van der Waals surface area contributed by atoms with Gasteiger partial charge < -0.3 is 10.2 Å². The predicted molar refractivity (Wildman–Crippen MR) is 143 cm³/mol. The van der Waals surface area contributed by atoms with Crippen LogP contribution in [0.2, 0.25) is 0 Å². The lowest BCUT2D eigenvalue weighted by atomic mass is 10.0. The third-order valence-corrected chi connectivity index (χ3v) is 7.82. The summed E-state index contributed by atoms with van der Waals surface area (Å²) in [6.07, 6.45) is 5.25. The van der Waals surface area contributed by atoms with E-state index >= 15 is 0 Å². The van der Waals surface area contributed by atoms with Gasteiger partial charge in [-0.05, 0) is 55.7 Å². The molecule has 0 radical (unpaired) electrons. The van der Waals surface area contributed by atoms with Gasteiger partial charge in [-0.3, -0.25) is 38.9 Å². The number of aromatic nitrogens is 2. The van der Waals surface area contributed by atoms with Gasteiger partial charge in [0, 0.05) is 49.1 Å². The Kier molecular flexibility index (Phi) is 6.82. The Balaban J connectivity index is 1.08. The number of piperidine rings is 2.